The van der Waals surface area contributed by atoms with Gasteiger partial charge in [0.05, 0.1) is 11.3 Å². The van der Waals surface area contributed by atoms with E-state index in [2.05, 4.69) is 50.5 Å². The normalized spacial score (nSPS) is 10.3. The van der Waals surface area contributed by atoms with Gasteiger partial charge >= 0.3 is 0 Å². The van der Waals surface area contributed by atoms with Gasteiger partial charge < -0.3 is 5.32 Å². The zero-order valence-electron chi connectivity index (χ0n) is 11.2. The highest BCUT2D eigenvalue weighted by molar-refractivity contribution is 9.10. The van der Waals surface area contributed by atoms with Crippen molar-refractivity contribution in [2.45, 2.75) is 6.54 Å². The van der Waals surface area contributed by atoms with Crippen molar-refractivity contribution in [2.75, 3.05) is 5.32 Å². The summed E-state index contributed by atoms with van der Waals surface area (Å²) < 4.78 is 0.952. The fourth-order valence-electron chi connectivity index (χ4n) is 2.20. The molecule has 102 valence electrons. The fourth-order valence-corrected chi connectivity index (χ4v) is 2.56. The van der Waals surface area contributed by atoms with E-state index >= 15 is 0 Å². The van der Waals surface area contributed by atoms with Crippen LogP contribution in [0.5, 0.6) is 0 Å². The van der Waals surface area contributed by atoms with E-state index in [0.717, 1.165) is 21.1 Å². The first-order valence-electron chi connectivity index (χ1n) is 6.52. The minimum absolute atomic E-state index is 0.642. The number of hydrogen-bond acceptors (Lipinski definition) is 3. The lowest BCUT2D eigenvalue weighted by molar-refractivity contribution is 1.15. The molecule has 0 unspecified atom stereocenters. The number of benzene rings is 2. The van der Waals surface area contributed by atoms with E-state index in [1.54, 1.807) is 12.3 Å². The highest BCUT2D eigenvalue weighted by Gasteiger charge is 2.03. The van der Waals surface area contributed by atoms with Crippen molar-refractivity contribution in [1.29, 1.82) is 5.26 Å². The monoisotopic (exact) mass is 337 g/mol. The number of halogens is 1. The fraction of sp³-hybridized carbons (Fsp3) is 0.0588. The molecule has 2 aromatic carbocycles. The maximum Gasteiger partial charge on any atom is 0.101 e. The molecule has 0 fully saturated rings. The first-order chi connectivity index (χ1) is 10.3. The molecular formula is C17H12BrN3. The lowest BCUT2D eigenvalue weighted by Crippen LogP contribution is -2.01. The van der Waals surface area contributed by atoms with Crippen molar-refractivity contribution < 1.29 is 0 Å². The number of fused-ring (bicyclic) bond motifs is 1. The molecule has 0 amide bonds. The molecule has 0 saturated heterocycles. The Morgan fingerprint density at radius 1 is 1.10 bits per heavy atom. The molecule has 21 heavy (non-hydrogen) atoms. The van der Waals surface area contributed by atoms with E-state index in [1.807, 2.05) is 24.4 Å². The molecule has 3 rings (SSSR count). The number of aromatic nitrogens is 1. The highest BCUT2D eigenvalue weighted by Crippen LogP contribution is 2.22. The molecule has 0 spiro atoms. The van der Waals surface area contributed by atoms with Crippen molar-refractivity contribution in [3.8, 4) is 6.07 Å². The van der Waals surface area contributed by atoms with Gasteiger partial charge in [-0.1, -0.05) is 28.1 Å². The second-order valence-corrected chi connectivity index (χ2v) is 5.63. The van der Waals surface area contributed by atoms with Crippen molar-refractivity contribution >= 4 is 32.4 Å². The van der Waals surface area contributed by atoms with Crippen molar-refractivity contribution in [3.63, 3.8) is 0 Å². The Labute approximate surface area is 131 Å². The smallest absolute Gasteiger partial charge is 0.101 e. The second kappa shape index (κ2) is 5.94. The zero-order valence-corrected chi connectivity index (χ0v) is 12.8. The molecule has 0 atom stereocenters. The number of anilines is 1. The SMILES string of the molecule is N#Cc1ccc(Br)cc1NCc1ccc2cnccc2c1. The van der Waals surface area contributed by atoms with Crippen LogP contribution in [-0.2, 0) is 6.54 Å². The van der Waals surface area contributed by atoms with Crippen LogP contribution in [0.3, 0.4) is 0 Å². The molecule has 0 aliphatic heterocycles. The third kappa shape index (κ3) is 3.04. The zero-order chi connectivity index (χ0) is 14.7. The van der Waals surface area contributed by atoms with Crippen molar-refractivity contribution in [3.05, 3.63) is 70.5 Å². The van der Waals surface area contributed by atoms with Crippen LogP contribution in [0.2, 0.25) is 0 Å². The van der Waals surface area contributed by atoms with Gasteiger partial charge in [-0.25, -0.2) is 0 Å². The molecule has 4 heteroatoms. The summed E-state index contributed by atoms with van der Waals surface area (Å²) in [5.41, 5.74) is 2.64. The Morgan fingerprint density at radius 3 is 2.86 bits per heavy atom. The third-order valence-electron chi connectivity index (χ3n) is 3.29. The lowest BCUT2D eigenvalue weighted by Gasteiger charge is -2.09. The summed E-state index contributed by atoms with van der Waals surface area (Å²) in [4.78, 5) is 4.11. The first-order valence-corrected chi connectivity index (χ1v) is 7.32. The number of nitrogens with one attached hydrogen (secondary N) is 1. The van der Waals surface area contributed by atoms with Gasteiger partial charge in [-0.05, 0) is 41.3 Å². The van der Waals surface area contributed by atoms with Gasteiger partial charge in [0.15, 0.2) is 0 Å². The van der Waals surface area contributed by atoms with Crippen LogP contribution in [0.15, 0.2) is 59.3 Å². The van der Waals surface area contributed by atoms with Crippen LogP contribution in [0.4, 0.5) is 5.69 Å². The summed E-state index contributed by atoms with van der Waals surface area (Å²) in [5.74, 6) is 0. The highest BCUT2D eigenvalue weighted by atomic mass is 79.9. The minimum Gasteiger partial charge on any atom is -0.380 e. The predicted molar refractivity (Wildman–Crippen MR) is 87.9 cm³/mol. The Morgan fingerprint density at radius 2 is 2.00 bits per heavy atom. The summed E-state index contributed by atoms with van der Waals surface area (Å²) in [7, 11) is 0. The number of nitriles is 1. The van der Waals surface area contributed by atoms with Crippen LogP contribution in [0, 0.1) is 11.3 Å². The van der Waals surface area contributed by atoms with Crippen molar-refractivity contribution in [2.24, 2.45) is 0 Å². The Bertz CT molecular complexity index is 837. The quantitative estimate of drug-likeness (QED) is 0.766. The molecule has 0 radical (unpaired) electrons. The summed E-state index contributed by atoms with van der Waals surface area (Å²) in [6, 6.07) is 16.1. The Balaban J connectivity index is 1.83. The van der Waals surface area contributed by atoms with Gasteiger partial charge in [0.1, 0.15) is 6.07 Å². The minimum atomic E-state index is 0.642. The average molecular weight is 338 g/mol. The lowest BCUT2D eigenvalue weighted by atomic mass is 10.1. The van der Waals surface area contributed by atoms with Crippen LogP contribution >= 0.6 is 15.9 Å². The van der Waals surface area contributed by atoms with Crippen molar-refractivity contribution in [1.82, 2.24) is 4.98 Å². The molecule has 0 saturated carbocycles. The molecule has 1 heterocycles. The predicted octanol–water partition coefficient (Wildman–Crippen LogP) is 4.48. The molecule has 1 N–H and O–H groups in total. The van der Waals surface area contributed by atoms with Gasteiger partial charge in [0.2, 0.25) is 0 Å². The van der Waals surface area contributed by atoms with Gasteiger partial charge in [-0.3, -0.25) is 4.98 Å². The molecular weight excluding hydrogens is 326 g/mol. The van der Waals surface area contributed by atoms with Crippen LogP contribution in [0.25, 0.3) is 10.8 Å². The maximum atomic E-state index is 9.14. The standard InChI is InChI=1S/C17H12BrN3/c18-16-4-3-14(9-19)17(8-16)21-10-12-1-2-15-11-20-6-5-13(15)7-12/h1-8,11,21H,10H2. The summed E-state index contributed by atoms with van der Waals surface area (Å²) in [5, 5.41) is 14.7. The topological polar surface area (TPSA) is 48.7 Å². The van der Waals surface area contributed by atoms with Crippen LogP contribution in [0.1, 0.15) is 11.1 Å². The number of hydrogen-bond donors (Lipinski definition) is 1. The van der Waals surface area contributed by atoms with Gasteiger partial charge in [0.25, 0.3) is 0 Å². The van der Waals surface area contributed by atoms with E-state index in [1.165, 1.54) is 5.39 Å². The molecule has 0 bridgehead atoms. The third-order valence-corrected chi connectivity index (χ3v) is 3.78. The number of nitrogens with zero attached hydrogens (tertiary/aromatic N) is 2. The molecule has 1 aromatic heterocycles. The second-order valence-electron chi connectivity index (χ2n) is 4.71. The molecule has 0 aliphatic rings. The number of rotatable bonds is 3. The Hall–Kier alpha value is -2.38. The molecule has 3 nitrogen and oxygen atoms in total. The van der Waals surface area contributed by atoms with E-state index in [9.17, 15) is 0 Å². The molecule has 3 aromatic rings. The first kappa shape index (κ1) is 13.6. The van der Waals surface area contributed by atoms with Crippen LogP contribution in [-0.4, -0.2) is 4.98 Å². The Kier molecular flexibility index (Phi) is 3.85. The van der Waals surface area contributed by atoms with Gasteiger partial charge in [-0.2, -0.15) is 5.26 Å². The summed E-state index contributed by atoms with van der Waals surface area (Å²) in [6.45, 7) is 0.670. The van der Waals surface area contributed by atoms with Gasteiger partial charge in [0, 0.05) is 28.8 Å². The average Bonchev–Trinajstić information content (AvgIpc) is 2.53. The van der Waals surface area contributed by atoms with Gasteiger partial charge in [-0.15, -0.1) is 0 Å². The summed E-state index contributed by atoms with van der Waals surface area (Å²) >= 11 is 3.43. The maximum absolute atomic E-state index is 9.14. The van der Waals surface area contributed by atoms with Crippen LogP contribution < -0.4 is 5.32 Å². The van der Waals surface area contributed by atoms with E-state index < -0.39 is 0 Å². The molecule has 0 aliphatic carbocycles. The van der Waals surface area contributed by atoms with E-state index in [-0.39, 0.29) is 0 Å². The summed E-state index contributed by atoms with van der Waals surface area (Å²) in [6.07, 6.45) is 3.65. The van der Waals surface area contributed by atoms with E-state index in [4.69, 9.17) is 5.26 Å². The van der Waals surface area contributed by atoms with E-state index in [0.29, 0.717) is 12.1 Å². The number of pyridine rings is 1. The largest absolute Gasteiger partial charge is 0.380 e.